The van der Waals surface area contributed by atoms with Crippen molar-refractivity contribution in [2.24, 2.45) is 0 Å². The summed E-state index contributed by atoms with van der Waals surface area (Å²) >= 11 is 1.62. The second kappa shape index (κ2) is 7.94. The number of amides is 1. The molecular weight excluding hydrogens is 332 g/mol. The van der Waals surface area contributed by atoms with Gasteiger partial charge in [-0.3, -0.25) is 4.79 Å². The lowest BCUT2D eigenvalue weighted by atomic mass is 10.2. The number of thiazole rings is 1. The highest BCUT2D eigenvalue weighted by atomic mass is 32.1. The Morgan fingerprint density at radius 2 is 1.84 bits per heavy atom. The summed E-state index contributed by atoms with van der Waals surface area (Å²) in [4.78, 5) is 17.1. The zero-order valence-corrected chi connectivity index (χ0v) is 15.0. The first-order valence-corrected chi connectivity index (χ1v) is 9.06. The molecule has 0 aliphatic rings. The van der Waals surface area contributed by atoms with Crippen molar-refractivity contribution in [3.63, 3.8) is 0 Å². The molecule has 3 rings (SSSR count). The molecule has 0 atom stereocenters. The van der Waals surface area contributed by atoms with Crippen molar-refractivity contribution in [3.05, 3.63) is 76.2 Å². The van der Waals surface area contributed by atoms with Gasteiger partial charge in [-0.25, -0.2) is 4.98 Å². The molecule has 1 amide bonds. The fraction of sp³-hybridized carbons (Fsp3) is 0.200. The number of nitrogens with one attached hydrogen (secondary N) is 1. The molecule has 1 aromatic heterocycles. The second-order valence-corrected chi connectivity index (χ2v) is 6.82. The average molecular weight is 352 g/mol. The predicted octanol–water partition coefficient (Wildman–Crippen LogP) is 4.99. The molecule has 25 heavy (non-hydrogen) atoms. The van der Waals surface area contributed by atoms with Crippen LogP contribution in [0.15, 0.2) is 60.0 Å². The zero-order chi connectivity index (χ0) is 17.6. The van der Waals surface area contributed by atoms with Gasteiger partial charge in [0.05, 0.1) is 22.8 Å². The number of carbonyl (C=O) groups is 1. The Morgan fingerprint density at radius 3 is 2.56 bits per heavy atom. The van der Waals surface area contributed by atoms with Crippen molar-refractivity contribution in [2.75, 3.05) is 0 Å². The molecule has 1 heterocycles. The van der Waals surface area contributed by atoms with E-state index in [9.17, 15) is 4.79 Å². The molecule has 0 bridgehead atoms. The third-order valence-corrected chi connectivity index (χ3v) is 4.79. The molecule has 4 nitrogen and oxygen atoms in total. The smallest absolute Gasteiger partial charge is 0.255 e. The number of aromatic nitrogens is 1. The maximum absolute atomic E-state index is 12.6. The van der Waals surface area contributed by atoms with Crippen LogP contribution in [0, 0.1) is 0 Å². The SMILES string of the molecule is CC(C)c1nc(CNC(=O)c2ccccc2Oc2ccccc2)cs1. The molecule has 128 valence electrons. The van der Waals surface area contributed by atoms with Crippen LogP contribution in [0.3, 0.4) is 0 Å². The Labute approximate surface area is 151 Å². The molecule has 5 heteroatoms. The molecule has 1 N–H and O–H groups in total. The predicted molar refractivity (Wildman–Crippen MR) is 100 cm³/mol. The quantitative estimate of drug-likeness (QED) is 0.680. The minimum Gasteiger partial charge on any atom is -0.457 e. The van der Waals surface area contributed by atoms with E-state index in [4.69, 9.17) is 4.74 Å². The molecule has 0 spiro atoms. The number of benzene rings is 2. The van der Waals surface area contributed by atoms with E-state index in [-0.39, 0.29) is 5.91 Å². The van der Waals surface area contributed by atoms with E-state index in [1.54, 1.807) is 23.5 Å². The maximum atomic E-state index is 12.6. The minimum absolute atomic E-state index is 0.175. The number of rotatable bonds is 6. The highest BCUT2D eigenvalue weighted by Crippen LogP contribution is 2.25. The summed E-state index contributed by atoms with van der Waals surface area (Å²) < 4.78 is 5.84. The third kappa shape index (κ3) is 4.45. The van der Waals surface area contributed by atoms with Crippen molar-refractivity contribution in [1.29, 1.82) is 0 Å². The summed E-state index contributed by atoms with van der Waals surface area (Å²) in [6.45, 7) is 4.62. The van der Waals surface area contributed by atoms with E-state index >= 15 is 0 Å². The van der Waals surface area contributed by atoms with Gasteiger partial charge in [0.1, 0.15) is 11.5 Å². The lowest BCUT2D eigenvalue weighted by Gasteiger charge is -2.11. The molecule has 2 aromatic carbocycles. The highest BCUT2D eigenvalue weighted by molar-refractivity contribution is 7.09. The molecule has 0 aliphatic heterocycles. The van der Waals surface area contributed by atoms with Gasteiger partial charge in [-0.2, -0.15) is 0 Å². The third-order valence-electron chi connectivity index (χ3n) is 3.60. The van der Waals surface area contributed by atoms with Crippen molar-refractivity contribution < 1.29 is 9.53 Å². The van der Waals surface area contributed by atoms with Crippen LogP contribution < -0.4 is 10.1 Å². The first-order valence-electron chi connectivity index (χ1n) is 8.18. The average Bonchev–Trinajstić information content (AvgIpc) is 3.10. The van der Waals surface area contributed by atoms with Crippen molar-refractivity contribution in [2.45, 2.75) is 26.3 Å². The Bertz CT molecular complexity index is 844. The van der Waals surface area contributed by atoms with Gasteiger partial charge in [0.25, 0.3) is 5.91 Å². The van der Waals surface area contributed by atoms with Gasteiger partial charge in [-0.1, -0.05) is 44.2 Å². The monoisotopic (exact) mass is 352 g/mol. The van der Waals surface area contributed by atoms with E-state index in [1.165, 1.54) is 0 Å². The molecule has 0 aliphatic carbocycles. The van der Waals surface area contributed by atoms with Crippen LogP contribution in [0.1, 0.15) is 40.8 Å². The molecule has 3 aromatic rings. The Morgan fingerprint density at radius 1 is 1.12 bits per heavy atom. The lowest BCUT2D eigenvalue weighted by Crippen LogP contribution is -2.23. The summed E-state index contributed by atoms with van der Waals surface area (Å²) in [5, 5.41) is 5.99. The van der Waals surface area contributed by atoms with Crippen molar-refractivity contribution in [1.82, 2.24) is 10.3 Å². The molecule has 0 unspecified atom stereocenters. The first kappa shape index (κ1) is 17.2. The zero-order valence-electron chi connectivity index (χ0n) is 14.2. The van der Waals surface area contributed by atoms with Crippen LogP contribution in [-0.4, -0.2) is 10.9 Å². The number of para-hydroxylation sites is 2. The summed E-state index contributed by atoms with van der Waals surface area (Å²) in [6.07, 6.45) is 0. The van der Waals surface area contributed by atoms with Crippen LogP contribution in [0.4, 0.5) is 0 Å². The van der Waals surface area contributed by atoms with E-state index in [0.717, 1.165) is 10.7 Å². The summed E-state index contributed by atoms with van der Waals surface area (Å²) in [6, 6.07) is 16.7. The minimum atomic E-state index is -0.175. The van der Waals surface area contributed by atoms with Crippen LogP contribution >= 0.6 is 11.3 Å². The Hall–Kier alpha value is -2.66. The van der Waals surface area contributed by atoms with E-state index < -0.39 is 0 Å². The Balaban J connectivity index is 1.69. The molecule has 0 saturated heterocycles. The van der Waals surface area contributed by atoms with Crippen LogP contribution in [0.5, 0.6) is 11.5 Å². The van der Waals surface area contributed by atoms with Crippen molar-refractivity contribution >= 4 is 17.2 Å². The van der Waals surface area contributed by atoms with Crippen LogP contribution in [0.25, 0.3) is 0 Å². The summed E-state index contributed by atoms with van der Waals surface area (Å²) in [7, 11) is 0. The number of nitrogens with zero attached hydrogens (tertiary/aromatic N) is 1. The second-order valence-electron chi connectivity index (χ2n) is 5.93. The van der Waals surface area contributed by atoms with Gasteiger partial charge in [-0.05, 0) is 24.3 Å². The molecule has 0 fully saturated rings. The van der Waals surface area contributed by atoms with Gasteiger partial charge >= 0.3 is 0 Å². The molecule has 0 radical (unpaired) electrons. The first-order chi connectivity index (χ1) is 12.1. The van der Waals surface area contributed by atoms with Crippen LogP contribution in [0.2, 0.25) is 0 Å². The van der Waals surface area contributed by atoms with Gasteiger partial charge in [0.2, 0.25) is 0 Å². The molecule has 0 saturated carbocycles. The van der Waals surface area contributed by atoms with Crippen molar-refractivity contribution in [3.8, 4) is 11.5 Å². The normalized spacial score (nSPS) is 10.7. The largest absolute Gasteiger partial charge is 0.457 e. The van der Waals surface area contributed by atoms with Gasteiger partial charge in [-0.15, -0.1) is 11.3 Å². The topological polar surface area (TPSA) is 51.2 Å². The molecular formula is C20H20N2O2S. The number of hydrogen-bond donors (Lipinski definition) is 1. The lowest BCUT2D eigenvalue weighted by molar-refractivity contribution is 0.0948. The van der Waals surface area contributed by atoms with E-state index in [1.807, 2.05) is 47.8 Å². The highest BCUT2D eigenvalue weighted by Gasteiger charge is 2.13. The Kier molecular flexibility index (Phi) is 5.46. The fourth-order valence-electron chi connectivity index (χ4n) is 2.29. The number of carbonyl (C=O) groups excluding carboxylic acids is 1. The fourth-order valence-corrected chi connectivity index (χ4v) is 3.13. The van der Waals surface area contributed by atoms with Gasteiger partial charge < -0.3 is 10.1 Å². The maximum Gasteiger partial charge on any atom is 0.255 e. The van der Waals surface area contributed by atoms with Gasteiger partial charge in [0.15, 0.2) is 0 Å². The summed E-state index contributed by atoms with van der Waals surface area (Å²) in [5.74, 6) is 1.45. The van der Waals surface area contributed by atoms with E-state index in [2.05, 4.69) is 24.1 Å². The van der Waals surface area contributed by atoms with Gasteiger partial charge in [0, 0.05) is 11.3 Å². The number of ether oxygens (including phenoxy) is 1. The summed E-state index contributed by atoms with van der Waals surface area (Å²) in [5.41, 5.74) is 1.38. The van der Waals surface area contributed by atoms with E-state index in [0.29, 0.717) is 29.5 Å². The number of hydrogen-bond acceptors (Lipinski definition) is 4. The van der Waals surface area contributed by atoms with Crippen LogP contribution in [-0.2, 0) is 6.54 Å². The standard InChI is InChI=1S/C20H20N2O2S/c1-14(2)20-22-15(13-25-20)12-21-19(23)17-10-6-7-11-18(17)24-16-8-4-3-5-9-16/h3-11,13-14H,12H2,1-2H3,(H,21,23).